The van der Waals surface area contributed by atoms with Crippen LogP contribution in [0, 0.1) is 0 Å². The zero-order valence-electron chi connectivity index (χ0n) is 10.2. The molecule has 1 heterocycles. The molecule has 2 aromatic rings. The molecule has 96 valence electrons. The third-order valence-corrected chi connectivity index (χ3v) is 3.41. The summed E-state index contributed by atoms with van der Waals surface area (Å²) >= 11 is 3.45. The molecule has 0 radical (unpaired) electrons. The summed E-state index contributed by atoms with van der Waals surface area (Å²) in [5.74, 6) is 0. The molecule has 0 amide bonds. The standard InChI is InChI=1S/C13H16BrN3O/c1-2-9(7-18)17-13-10-5-8(14)3-4-12(10)16-6-11(13)15/h3-6,9,18H,2,7,15H2,1H3,(H,16,17). The first-order chi connectivity index (χ1) is 8.65. The van der Waals surface area contributed by atoms with E-state index in [0.29, 0.717) is 5.69 Å². The summed E-state index contributed by atoms with van der Waals surface area (Å²) in [6.45, 7) is 2.09. The molecule has 0 aliphatic carbocycles. The molecule has 0 aliphatic rings. The van der Waals surface area contributed by atoms with Gasteiger partial charge in [-0.05, 0) is 24.6 Å². The molecule has 0 fully saturated rings. The smallest absolute Gasteiger partial charge is 0.0743 e. The van der Waals surface area contributed by atoms with Gasteiger partial charge < -0.3 is 16.2 Å². The molecule has 1 atom stereocenters. The fourth-order valence-corrected chi connectivity index (χ4v) is 2.18. The van der Waals surface area contributed by atoms with E-state index in [1.807, 2.05) is 25.1 Å². The Balaban J connectivity index is 2.52. The molecule has 1 aromatic carbocycles. The van der Waals surface area contributed by atoms with Crippen LogP contribution < -0.4 is 11.1 Å². The van der Waals surface area contributed by atoms with E-state index in [1.54, 1.807) is 6.20 Å². The van der Waals surface area contributed by atoms with Gasteiger partial charge in [0.05, 0.1) is 29.7 Å². The van der Waals surface area contributed by atoms with Crippen molar-refractivity contribution in [2.45, 2.75) is 19.4 Å². The first-order valence-electron chi connectivity index (χ1n) is 5.86. The number of halogens is 1. The third-order valence-electron chi connectivity index (χ3n) is 2.92. The number of hydrogen-bond acceptors (Lipinski definition) is 4. The van der Waals surface area contributed by atoms with Crippen molar-refractivity contribution < 1.29 is 5.11 Å². The van der Waals surface area contributed by atoms with E-state index in [2.05, 4.69) is 26.2 Å². The van der Waals surface area contributed by atoms with Gasteiger partial charge in [0.15, 0.2) is 0 Å². The number of nitrogen functional groups attached to an aromatic ring is 1. The van der Waals surface area contributed by atoms with E-state index in [-0.39, 0.29) is 12.6 Å². The monoisotopic (exact) mass is 309 g/mol. The van der Waals surface area contributed by atoms with Crippen molar-refractivity contribution in [3.8, 4) is 0 Å². The van der Waals surface area contributed by atoms with E-state index in [9.17, 15) is 5.11 Å². The van der Waals surface area contributed by atoms with Crippen molar-refractivity contribution >= 4 is 38.2 Å². The first-order valence-corrected chi connectivity index (χ1v) is 6.66. The Labute approximate surface area is 114 Å². The quantitative estimate of drug-likeness (QED) is 0.812. The van der Waals surface area contributed by atoms with Gasteiger partial charge in [-0.1, -0.05) is 22.9 Å². The molecule has 0 bridgehead atoms. The van der Waals surface area contributed by atoms with Gasteiger partial charge >= 0.3 is 0 Å². The molecular weight excluding hydrogens is 294 g/mol. The second kappa shape index (κ2) is 5.54. The summed E-state index contributed by atoms with van der Waals surface area (Å²) in [4.78, 5) is 4.29. The van der Waals surface area contributed by atoms with Gasteiger partial charge in [-0.25, -0.2) is 0 Å². The third kappa shape index (κ3) is 2.57. The lowest BCUT2D eigenvalue weighted by Crippen LogP contribution is -2.23. The molecule has 0 saturated carbocycles. The Morgan fingerprint density at radius 1 is 1.50 bits per heavy atom. The average Bonchev–Trinajstić information content (AvgIpc) is 2.38. The number of aromatic nitrogens is 1. The second-order valence-corrected chi connectivity index (χ2v) is 5.10. The Bertz CT molecular complexity index is 550. The van der Waals surface area contributed by atoms with Crippen molar-refractivity contribution in [2.24, 2.45) is 0 Å². The number of anilines is 2. The van der Waals surface area contributed by atoms with Crippen LogP contribution in [0.15, 0.2) is 28.9 Å². The fraction of sp³-hybridized carbons (Fsp3) is 0.308. The highest BCUT2D eigenvalue weighted by molar-refractivity contribution is 9.10. The highest BCUT2D eigenvalue weighted by atomic mass is 79.9. The summed E-state index contributed by atoms with van der Waals surface area (Å²) in [5.41, 5.74) is 8.28. The van der Waals surface area contributed by atoms with Gasteiger partial charge in [0.25, 0.3) is 0 Å². The van der Waals surface area contributed by atoms with Gasteiger partial charge in [-0.3, -0.25) is 4.98 Å². The van der Waals surface area contributed by atoms with E-state index in [1.165, 1.54) is 0 Å². The summed E-state index contributed by atoms with van der Waals surface area (Å²) in [5, 5.41) is 13.5. The van der Waals surface area contributed by atoms with E-state index in [0.717, 1.165) is 27.5 Å². The van der Waals surface area contributed by atoms with Crippen LogP contribution in [-0.4, -0.2) is 22.7 Å². The maximum absolute atomic E-state index is 9.28. The highest BCUT2D eigenvalue weighted by Crippen LogP contribution is 2.30. The largest absolute Gasteiger partial charge is 0.396 e. The molecule has 5 heteroatoms. The highest BCUT2D eigenvalue weighted by Gasteiger charge is 2.11. The number of rotatable bonds is 4. The van der Waals surface area contributed by atoms with Gasteiger partial charge in [-0.2, -0.15) is 0 Å². The van der Waals surface area contributed by atoms with Crippen LogP contribution in [0.4, 0.5) is 11.4 Å². The lowest BCUT2D eigenvalue weighted by atomic mass is 10.1. The number of nitrogens with zero attached hydrogens (tertiary/aromatic N) is 1. The van der Waals surface area contributed by atoms with Crippen LogP contribution in [0.3, 0.4) is 0 Å². The summed E-state index contributed by atoms with van der Waals surface area (Å²) < 4.78 is 0.975. The van der Waals surface area contributed by atoms with Crippen LogP contribution >= 0.6 is 15.9 Å². The molecule has 4 nitrogen and oxygen atoms in total. The van der Waals surface area contributed by atoms with Crippen LogP contribution in [0.1, 0.15) is 13.3 Å². The Morgan fingerprint density at radius 2 is 2.28 bits per heavy atom. The van der Waals surface area contributed by atoms with Crippen molar-refractivity contribution in [2.75, 3.05) is 17.7 Å². The molecule has 1 unspecified atom stereocenters. The SMILES string of the molecule is CCC(CO)Nc1c(N)cnc2ccc(Br)cc12. The molecule has 18 heavy (non-hydrogen) atoms. The number of aliphatic hydroxyl groups is 1. The maximum Gasteiger partial charge on any atom is 0.0743 e. The Hall–Kier alpha value is -1.33. The number of pyridine rings is 1. The maximum atomic E-state index is 9.28. The topological polar surface area (TPSA) is 71.2 Å². The second-order valence-electron chi connectivity index (χ2n) is 4.18. The minimum atomic E-state index is -0.00289. The van der Waals surface area contributed by atoms with Crippen LogP contribution in [0.2, 0.25) is 0 Å². The molecule has 2 rings (SSSR count). The summed E-state index contributed by atoms with van der Waals surface area (Å²) in [7, 11) is 0. The van der Waals surface area contributed by atoms with Crippen LogP contribution in [-0.2, 0) is 0 Å². The van der Waals surface area contributed by atoms with Gasteiger partial charge in [-0.15, -0.1) is 0 Å². The predicted octanol–water partition coefficient (Wildman–Crippen LogP) is 2.76. The van der Waals surface area contributed by atoms with Gasteiger partial charge in [0.1, 0.15) is 0 Å². The number of aliphatic hydroxyl groups excluding tert-OH is 1. The minimum Gasteiger partial charge on any atom is -0.396 e. The molecular formula is C13H16BrN3O. The zero-order valence-corrected chi connectivity index (χ0v) is 11.7. The molecule has 0 spiro atoms. The normalized spacial score (nSPS) is 12.6. The number of benzene rings is 1. The van der Waals surface area contributed by atoms with Crippen molar-refractivity contribution in [1.29, 1.82) is 0 Å². The van der Waals surface area contributed by atoms with E-state index >= 15 is 0 Å². The van der Waals surface area contributed by atoms with Crippen molar-refractivity contribution in [1.82, 2.24) is 4.98 Å². The zero-order chi connectivity index (χ0) is 13.1. The summed E-state index contributed by atoms with van der Waals surface area (Å²) in [6, 6.07) is 5.85. The Kier molecular flexibility index (Phi) is 4.04. The molecule has 0 aliphatic heterocycles. The number of fused-ring (bicyclic) bond motifs is 1. The van der Waals surface area contributed by atoms with Gasteiger partial charge in [0, 0.05) is 15.9 Å². The Morgan fingerprint density at radius 3 is 2.94 bits per heavy atom. The number of nitrogens with one attached hydrogen (secondary N) is 1. The van der Waals surface area contributed by atoms with Crippen LogP contribution in [0.5, 0.6) is 0 Å². The molecule has 4 N–H and O–H groups in total. The van der Waals surface area contributed by atoms with Crippen LogP contribution in [0.25, 0.3) is 10.9 Å². The average molecular weight is 310 g/mol. The fourth-order valence-electron chi connectivity index (χ4n) is 1.82. The lowest BCUT2D eigenvalue weighted by molar-refractivity contribution is 0.272. The van der Waals surface area contributed by atoms with E-state index in [4.69, 9.17) is 5.73 Å². The molecule has 0 saturated heterocycles. The summed E-state index contributed by atoms with van der Waals surface area (Å²) in [6.07, 6.45) is 2.47. The first kappa shape index (κ1) is 13.1. The minimum absolute atomic E-state index is 0.00289. The predicted molar refractivity (Wildman–Crippen MR) is 78.6 cm³/mol. The van der Waals surface area contributed by atoms with Crippen molar-refractivity contribution in [3.05, 3.63) is 28.9 Å². The number of nitrogens with two attached hydrogens (primary N) is 1. The van der Waals surface area contributed by atoms with Crippen molar-refractivity contribution in [3.63, 3.8) is 0 Å². The van der Waals surface area contributed by atoms with E-state index < -0.39 is 0 Å². The molecule has 1 aromatic heterocycles. The van der Waals surface area contributed by atoms with Gasteiger partial charge in [0.2, 0.25) is 0 Å². The number of hydrogen-bond donors (Lipinski definition) is 3. The lowest BCUT2D eigenvalue weighted by Gasteiger charge is -2.18.